The van der Waals surface area contributed by atoms with Crippen LogP contribution in [0.5, 0.6) is 11.5 Å². The fourth-order valence-electron chi connectivity index (χ4n) is 4.90. The van der Waals surface area contributed by atoms with Gasteiger partial charge in [0.15, 0.2) is 5.82 Å². The van der Waals surface area contributed by atoms with Crippen molar-refractivity contribution in [2.75, 3.05) is 11.5 Å². The molecule has 1 saturated heterocycles. The lowest BCUT2D eigenvalue weighted by Crippen LogP contribution is -2.41. The summed E-state index contributed by atoms with van der Waals surface area (Å²) in [4.78, 5) is 7.89. The summed E-state index contributed by atoms with van der Waals surface area (Å²) in [5, 5.41) is 8.10. The monoisotopic (exact) mass is 946 g/mol. The van der Waals surface area contributed by atoms with E-state index < -0.39 is 36.1 Å². The third-order valence-electron chi connectivity index (χ3n) is 8.94. The van der Waals surface area contributed by atoms with Crippen molar-refractivity contribution >= 4 is 39.9 Å². The Kier molecular flexibility index (Phi) is 13.6. The Morgan fingerprint density at radius 1 is 0.565 bits per heavy atom. The number of hydrogen-bond acceptors (Lipinski definition) is 10. The molecule has 0 atom stereocenters. The van der Waals surface area contributed by atoms with Crippen molar-refractivity contribution in [3.8, 4) is 34.3 Å². The fraction of sp³-hybridized carbons (Fsp3) is 0.263. The van der Waals surface area contributed by atoms with Gasteiger partial charge in [0.05, 0.1) is 22.6 Å². The second kappa shape index (κ2) is 17.8. The topological polar surface area (TPSA) is 150 Å². The molecule has 12 nitrogen and oxygen atoms in total. The molecule has 0 unspecified atom stereocenters. The molecule has 6 aromatic rings. The second-order valence-corrected chi connectivity index (χ2v) is 14.8. The van der Waals surface area contributed by atoms with E-state index in [0.29, 0.717) is 33.2 Å². The molecule has 2 aromatic heterocycles. The minimum Gasteiger partial charge on any atom is -0.426 e. The third kappa shape index (κ3) is 11.5. The average molecular weight is 947 g/mol. The molecule has 0 bridgehead atoms. The van der Waals surface area contributed by atoms with Gasteiger partial charge < -0.3 is 30.2 Å². The van der Waals surface area contributed by atoms with E-state index in [-0.39, 0.29) is 18.3 Å². The molecule has 1 aliphatic heterocycles. The molecular weight excluding hydrogens is 913 g/mol. The lowest BCUT2D eigenvalue weighted by molar-refractivity contribution is -0.360. The van der Waals surface area contributed by atoms with Gasteiger partial charge in [0.2, 0.25) is 4.73 Å². The van der Waals surface area contributed by atoms with E-state index in [0.717, 1.165) is 35.4 Å². The first-order valence-electron chi connectivity index (χ1n) is 17.7. The molecule has 0 amide bonds. The molecule has 330 valence electrons. The van der Waals surface area contributed by atoms with Crippen LogP contribution in [0.2, 0.25) is 0 Å². The smallest absolute Gasteiger partial charge is 0.426 e. The van der Waals surface area contributed by atoms with Crippen LogP contribution < -0.4 is 26.4 Å². The molecule has 1 aliphatic rings. The zero-order valence-corrected chi connectivity index (χ0v) is 34.2. The molecule has 0 radical (unpaired) electrons. The zero-order chi connectivity index (χ0) is 45.9. The maximum absolute atomic E-state index is 12.9. The molecule has 0 saturated carbocycles. The van der Waals surface area contributed by atoms with Crippen molar-refractivity contribution in [1.82, 2.24) is 29.5 Å². The third-order valence-corrected chi connectivity index (χ3v) is 9.30. The predicted octanol–water partition coefficient (Wildman–Crippen LogP) is 9.18. The summed E-state index contributed by atoms with van der Waals surface area (Å²) in [7, 11) is -0.300. The highest BCUT2D eigenvalue weighted by Gasteiger charge is 2.62. The number of ether oxygens (including phenoxy) is 2. The Morgan fingerprint density at radius 2 is 0.952 bits per heavy atom. The van der Waals surface area contributed by atoms with Crippen LogP contribution in [-0.4, -0.2) is 72.4 Å². The van der Waals surface area contributed by atoms with Crippen LogP contribution in [0, 0.1) is 0 Å². The van der Waals surface area contributed by atoms with Crippen LogP contribution in [0.25, 0.3) is 22.8 Å². The molecule has 62 heavy (non-hydrogen) atoms. The summed E-state index contributed by atoms with van der Waals surface area (Å²) in [6.45, 7) is 8.18. The van der Waals surface area contributed by atoms with E-state index in [2.05, 4.69) is 45.6 Å². The normalized spacial score (nSPS) is 14.9. The number of benzene rings is 4. The van der Waals surface area contributed by atoms with Crippen LogP contribution in [0.4, 0.5) is 55.3 Å². The number of alkyl halides is 10. The first kappa shape index (κ1) is 47.2. The van der Waals surface area contributed by atoms with Gasteiger partial charge in [0, 0.05) is 16.9 Å². The second-order valence-electron chi connectivity index (χ2n) is 14.1. The summed E-state index contributed by atoms with van der Waals surface area (Å²) in [6.07, 6.45) is -19.4. The van der Waals surface area contributed by atoms with E-state index in [1.165, 1.54) is 46.3 Å². The molecule has 0 spiro atoms. The van der Waals surface area contributed by atoms with Crippen molar-refractivity contribution in [2.24, 2.45) is 0 Å². The number of nitrogens with two attached hydrogens (primary N) is 2. The lowest BCUT2D eigenvalue weighted by Gasteiger charge is -2.32. The van der Waals surface area contributed by atoms with Gasteiger partial charge in [0.25, 0.3) is 0 Å². The SMILES string of the molecule is CC1(C)OB(c2ccc(N)cc2)OC1(C)C.FC(F)(F)C(F)(F)Oc1ccc(-n2cnc(Br)n2)cc1.Nc1ccc(-c2ncn(-c3ccc(OC(F)(F)C(F)(F)F)cc3)n2)cc1. The van der Waals surface area contributed by atoms with Gasteiger partial charge in [-0.2, -0.15) is 43.9 Å². The minimum atomic E-state index is -5.80. The maximum atomic E-state index is 12.9. The van der Waals surface area contributed by atoms with Crippen LogP contribution >= 0.6 is 15.9 Å². The highest BCUT2D eigenvalue weighted by atomic mass is 79.9. The highest BCUT2D eigenvalue weighted by molar-refractivity contribution is 9.10. The van der Waals surface area contributed by atoms with E-state index in [9.17, 15) is 43.9 Å². The number of aromatic nitrogens is 6. The Morgan fingerprint density at radius 3 is 1.34 bits per heavy atom. The highest BCUT2D eigenvalue weighted by Crippen LogP contribution is 2.39. The standard InChI is InChI=1S/C16H11F5N4O.C12H18BNO2.C10H5BrF5N3O/c17-15(18,19)16(20,21)26-13-7-5-12(6-8-13)25-9-23-14(24-25)10-1-3-11(22)4-2-10;1-11(2)12(3,4)16-13(15-11)9-5-7-10(14)8-6-9;11-8-17-5-19(18-8)6-1-3-7(4-2-6)20-10(15,16)9(12,13)14/h1-9H,22H2;5-8H,14H2,1-4H3;1-5H. The Labute approximate surface area is 355 Å². The van der Waals surface area contributed by atoms with Crippen molar-refractivity contribution in [3.63, 3.8) is 0 Å². The quantitative estimate of drug-likeness (QED) is 0.0859. The molecule has 3 heterocycles. The molecule has 1 fully saturated rings. The van der Waals surface area contributed by atoms with Gasteiger partial charge in [0.1, 0.15) is 24.2 Å². The molecule has 4 aromatic carbocycles. The Balaban J connectivity index is 0.000000181. The summed E-state index contributed by atoms with van der Waals surface area (Å²) in [5.41, 5.74) is 14.5. The summed E-state index contributed by atoms with van der Waals surface area (Å²) in [6, 6.07) is 23.4. The minimum absolute atomic E-state index is 0.293. The van der Waals surface area contributed by atoms with Gasteiger partial charge in [-0.1, -0.05) is 12.1 Å². The van der Waals surface area contributed by atoms with Crippen molar-refractivity contribution in [3.05, 3.63) is 114 Å². The number of nitrogens with zero attached hydrogens (tertiary/aromatic N) is 6. The average Bonchev–Trinajstić information content (AvgIpc) is 3.90. The summed E-state index contributed by atoms with van der Waals surface area (Å²) in [5.74, 6) is -0.848. The molecule has 7 rings (SSSR count). The van der Waals surface area contributed by atoms with Gasteiger partial charge >= 0.3 is 31.7 Å². The predicted molar refractivity (Wildman–Crippen MR) is 210 cm³/mol. The van der Waals surface area contributed by atoms with Gasteiger partial charge in [-0.3, -0.25) is 0 Å². The number of hydrogen-bond donors (Lipinski definition) is 2. The first-order valence-corrected chi connectivity index (χ1v) is 18.5. The number of anilines is 2. The Bertz CT molecular complexity index is 2380. The first-order chi connectivity index (χ1) is 28.7. The van der Waals surface area contributed by atoms with E-state index in [1.54, 1.807) is 24.3 Å². The van der Waals surface area contributed by atoms with Crippen LogP contribution in [0.1, 0.15) is 27.7 Å². The zero-order valence-electron chi connectivity index (χ0n) is 32.6. The number of halogens is 11. The van der Waals surface area contributed by atoms with Gasteiger partial charge in [-0.25, -0.2) is 19.3 Å². The van der Waals surface area contributed by atoms with E-state index >= 15 is 0 Å². The summed E-state index contributed by atoms with van der Waals surface area (Å²) < 4.78 is 146. The van der Waals surface area contributed by atoms with Crippen molar-refractivity contribution < 1.29 is 62.7 Å². The maximum Gasteiger partial charge on any atom is 0.499 e. The number of rotatable bonds is 8. The molecular formula is C38H34BBrF10N8O4. The molecule has 24 heteroatoms. The largest absolute Gasteiger partial charge is 0.499 e. The van der Waals surface area contributed by atoms with Gasteiger partial charge in [-0.05, 0) is 134 Å². The van der Waals surface area contributed by atoms with Crippen LogP contribution in [0.3, 0.4) is 0 Å². The van der Waals surface area contributed by atoms with Crippen molar-refractivity contribution in [1.29, 1.82) is 0 Å². The fourth-order valence-corrected chi connectivity index (χ4v) is 5.16. The van der Waals surface area contributed by atoms with Crippen LogP contribution in [0.15, 0.2) is 114 Å². The molecule has 4 N–H and O–H groups in total. The molecule has 0 aliphatic carbocycles. The Hall–Kier alpha value is -5.88. The van der Waals surface area contributed by atoms with E-state index in [4.69, 9.17) is 20.8 Å². The van der Waals surface area contributed by atoms with Crippen molar-refractivity contribution in [2.45, 2.75) is 63.5 Å². The summed E-state index contributed by atoms with van der Waals surface area (Å²) >= 11 is 3.01. The number of nitrogen functional groups attached to an aromatic ring is 2. The van der Waals surface area contributed by atoms with E-state index in [1.807, 2.05) is 52.0 Å². The lowest BCUT2D eigenvalue weighted by atomic mass is 9.79. The van der Waals surface area contributed by atoms with Gasteiger partial charge in [-0.15, -0.1) is 10.2 Å². The van der Waals surface area contributed by atoms with Crippen LogP contribution in [-0.2, 0) is 9.31 Å².